The van der Waals surface area contributed by atoms with Crippen molar-refractivity contribution in [3.05, 3.63) is 71.8 Å². The first kappa shape index (κ1) is 26.2. The zero-order chi connectivity index (χ0) is 25.5. The number of nitrogens with zero attached hydrogens (tertiary/aromatic N) is 1. The van der Waals surface area contributed by atoms with Gasteiger partial charge in [-0.05, 0) is 44.7 Å². The third-order valence-electron chi connectivity index (χ3n) is 5.69. The number of hydrogen-bond acceptors (Lipinski definition) is 6. The summed E-state index contributed by atoms with van der Waals surface area (Å²) in [6, 6.07) is 17.7. The first-order valence-corrected chi connectivity index (χ1v) is 11.7. The third-order valence-corrected chi connectivity index (χ3v) is 5.69. The van der Waals surface area contributed by atoms with Crippen LogP contribution >= 0.6 is 0 Å². The van der Waals surface area contributed by atoms with Gasteiger partial charge in [0.1, 0.15) is 12.1 Å². The fourth-order valence-electron chi connectivity index (χ4n) is 3.60. The number of benzene rings is 2. The predicted molar refractivity (Wildman–Crippen MR) is 130 cm³/mol. The largest absolute Gasteiger partial charge is 0.467 e. The maximum atomic E-state index is 13.8. The molecule has 1 fully saturated rings. The van der Waals surface area contributed by atoms with Crippen molar-refractivity contribution < 1.29 is 28.6 Å². The van der Waals surface area contributed by atoms with Gasteiger partial charge in [-0.2, -0.15) is 0 Å². The predicted octanol–water partition coefficient (Wildman–Crippen LogP) is 3.83. The SMILES string of the molecule is COC(=O)[C@H](COC(C)(C)C)N(Cc1ccccc1)C(=O)C1(NC(=O)OCc2ccccc2)CC1. The number of amides is 2. The molecule has 0 saturated heterocycles. The Morgan fingerprint density at radius 3 is 2.06 bits per heavy atom. The van der Waals surface area contributed by atoms with E-state index in [1.165, 1.54) is 12.0 Å². The average molecular weight is 483 g/mol. The van der Waals surface area contributed by atoms with Gasteiger partial charge in [-0.3, -0.25) is 4.79 Å². The summed E-state index contributed by atoms with van der Waals surface area (Å²) in [7, 11) is 1.28. The maximum Gasteiger partial charge on any atom is 0.408 e. The lowest BCUT2D eigenvalue weighted by molar-refractivity contribution is -0.160. The van der Waals surface area contributed by atoms with Gasteiger partial charge in [0, 0.05) is 6.54 Å². The van der Waals surface area contributed by atoms with E-state index in [2.05, 4.69) is 5.32 Å². The summed E-state index contributed by atoms with van der Waals surface area (Å²) >= 11 is 0. The van der Waals surface area contributed by atoms with Crippen molar-refractivity contribution >= 4 is 18.0 Å². The topological polar surface area (TPSA) is 94.2 Å². The number of hydrogen-bond donors (Lipinski definition) is 1. The van der Waals surface area contributed by atoms with Crippen LogP contribution in [-0.4, -0.2) is 53.8 Å². The quantitative estimate of drug-likeness (QED) is 0.517. The highest BCUT2D eigenvalue weighted by atomic mass is 16.5. The van der Waals surface area contributed by atoms with Gasteiger partial charge in [-0.1, -0.05) is 60.7 Å². The third kappa shape index (κ3) is 7.55. The molecule has 1 aliphatic rings. The first-order chi connectivity index (χ1) is 16.6. The van der Waals surface area contributed by atoms with E-state index in [9.17, 15) is 14.4 Å². The molecule has 0 aromatic heterocycles. The molecule has 1 atom stereocenters. The minimum absolute atomic E-state index is 0.0384. The Morgan fingerprint density at radius 2 is 1.54 bits per heavy atom. The van der Waals surface area contributed by atoms with Gasteiger partial charge in [-0.15, -0.1) is 0 Å². The van der Waals surface area contributed by atoms with E-state index in [1.54, 1.807) is 0 Å². The standard InChI is InChI=1S/C27H34N2O6/c1-26(2,3)35-19-22(23(30)33-4)29(17-20-11-7-5-8-12-20)24(31)27(15-16-27)28-25(32)34-18-21-13-9-6-10-14-21/h5-14,22H,15-19H2,1-4H3,(H,28,32)/t22-/m0/s1. The van der Waals surface area contributed by atoms with Crippen LogP contribution in [-0.2, 0) is 37.0 Å². The van der Waals surface area contributed by atoms with Crippen LogP contribution in [0.15, 0.2) is 60.7 Å². The molecule has 1 aliphatic carbocycles. The van der Waals surface area contributed by atoms with E-state index < -0.39 is 29.2 Å². The Balaban J connectivity index is 1.79. The van der Waals surface area contributed by atoms with Gasteiger partial charge in [-0.25, -0.2) is 9.59 Å². The molecule has 1 N–H and O–H groups in total. The monoisotopic (exact) mass is 482 g/mol. The normalized spacial score (nSPS) is 15.0. The van der Waals surface area contributed by atoms with E-state index >= 15 is 0 Å². The zero-order valence-electron chi connectivity index (χ0n) is 20.8. The molecular weight excluding hydrogens is 448 g/mol. The molecule has 0 radical (unpaired) electrons. The number of ether oxygens (including phenoxy) is 3. The Hall–Kier alpha value is -3.39. The Morgan fingerprint density at radius 1 is 0.971 bits per heavy atom. The number of carbonyl (C=O) groups is 3. The molecule has 188 valence electrons. The Bertz CT molecular complexity index is 999. The zero-order valence-corrected chi connectivity index (χ0v) is 20.8. The van der Waals surface area contributed by atoms with E-state index in [0.29, 0.717) is 12.8 Å². The van der Waals surface area contributed by atoms with Gasteiger partial charge in [0.2, 0.25) is 5.91 Å². The summed E-state index contributed by atoms with van der Waals surface area (Å²) in [6.45, 7) is 5.83. The van der Waals surface area contributed by atoms with Crippen LogP contribution in [0.25, 0.3) is 0 Å². The minimum Gasteiger partial charge on any atom is -0.467 e. The second-order valence-corrected chi connectivity index (χ2v) is 9.65. The van der Waals surface area contributed by atoms with Gasteiger partial charge < -0.3 is 24.4 Å². The van der Waals surface area contributed by atoms with Gasteiger partial charge >= 0.3 is 12.1 Å². The Kier molecular flexibility index (Phi) is 8.51. The maximum absolute atomic E-state index is 13.8. The van der Waals surface area contributed by atoms with Gasteiger partial charge in [0.25, 0.3) is 0 Å². The lowest BCUT2D eigenvalue weighted by atomic mass is 10.1. The van der Waals surface area contributed by atoms with Crippen molar-refractivity contribution in [2.45, 2.75) is 63.9 Å². The van der Waals surface area contributed by atoms with E-state index in [-0.39, 0.29) is 25.7 Å². The molecule has 2 amide bonds. The lowest BCUT2D eigenvalue weighted by Gasteiger charge is -2.34. The van der Waals surface area contributed by atoms with Crippen molar-refractivity contribution in [1.82, 2.24) is 10.2 Å². The van der Waals surface area contributed by atoms with Gasteiger partial charge in [0.05, 0.1) is 19.3 Å². The average Bonchev–Trinajstić information content (AvgIpc) is 3.62. The van der Waals surface area contributed by atoms with Crippen LogP contribution in [0.2, 0.25) is 0 Å². The summed E-state index contributed by atoms with van der Waals surface area (Å²) in [4.78, 5) is 40.6. The number of nitrogens with one attached hydrogen (secondary N) is 1. The van der Waals surface area contributed by atoms with E-state index in [0.717, 1.165) is 11.1 Å². The van der Waals surface area contributed by atoms with Crippen molar-refractivity contribution in [2.24, 2.45) is 0 Å². The minimum atomic E-state index is -1.13. The molecule has 3 rings (SSSR count). The highest BCUT2D eigenvalue weighted by molar-refractivity contribution is 5.95. The molecule has 8 nitrogen and oxygen atoms in total. The summed E-state index contributed by atoms with van der Waals surface area (Å²) in [5.41, 5.74) is 0.0312. The second-order valence-electron chi connectivity index (χ2n) is 9.65. The number of methoxy groups -OCH3 is 1. The molecule has 0 aliphatic heterocycles. The molecule has 8 heteroatoms. The number of carbonyl (C=O) groups excluding carboxylic acids is 3. The molecule has 0 bridgehead atoms. The van der Waals surface area contributed by atoms with Gasteiger partial charge in [0.15, 0.2) is 6.04 Å². The molecule has 2 aromatic rings. The van der Waals surface area contributed by atoms with Crippen molar-refractivity contribution in [1.29, 1.82) is 0 Å². The van der Waals surface area contributed by atoms with Crippen molar-refractivity contribution in [3.63, 3.8) is 0 Å². The van der Waals surface area contributed by atoms with E-state index in [1.807, 2.05) is 81.4 Å². The van der Waals surface area contributed by atoms with Crippen LogP contribution in [0, 0.1) is 0 Å². The number of rotatable bonds is 10. The molecule has 1 saturated carbocycles. The molecule has 0 unspecified atom stereocenters. The highest BCUT2D eigenvalue weighted by Crippen LogP contribution is 2.38. The molecule has 35 heavy (non-hydrogen) atoms. The molecule has 0 spiro atoms. The van der Waals surface area contributed by atoms with Crippen LogP contribution in [0.5, 0.6) is 0 Å². The number of esters is 1. The van der Waals surface area contributed by atoms with Crippen molar-refractivity contribution in [2.75, 3.05) is 13.7 Å². The molecule has 2 aromatic carbocycles. The molecular formula is C27H34N2O6. The Labute approximate surface area is 206 Å². The number of alkyl carbamates (subject to hydrolysis) is 1. The second kappa shape index (κ2) is 11.4. The van der Waals surface area contributed by atoms with Crippen LogP contribution < -0.4 is 5.32 Å². The fraction of sp³-hybridized carbons (Fsp3) is 0.444. The van der Waals surface area contributed by atoms with Crippen LogP contribution in [0.4, 0.5) is 4.79 Å². The fourth-order valence-corrected chi connectivity index (χ4v) is 3.60. The lowest BCUT2D eigenvalue weighted by Crippen LogP contribution is -2.57. The van der Waals surface area contributed by atoms with E-state index in [4.69, 9.17) is 14.2 Å². The van der Waals surface area contributed by atoms with Crippen molar-refractivity contribution in [3.8, 4) is 0 Å². The highest BCUT2D eigenvalue weighted by Gasteiger charge is 2.55. The summed E-state index contributed by atoms with van der Waals surface area (Å²) in [6.07, 6.45) is 0.219. The first-order valence-electron chi connectivity index (χ1n) is 11.7. The smallest absolute Gasteiger partial charge is 0.408 e. The molecule has 0 heterocycles. The van der Waals surface area contributed by atoms with Crippen LogP contribution in [0.3, 0.4) is 0 Å². The summed E-state index contributed by atoms with van der Waals surface area (Å²) in [5.74, 6) is -0.952. The summed E-state index contributed by atoms with van der Waals surface area (Å²) < 4.78 is 16.2. The van der Waals surface area contributed by atoms with Crippen LogP contribution in [0.1, 0.15) is 44.7 Å². The summed E-state index contributed by atoms with van der Waals surface area (Å²) in [5, 5.41) is 2.74.